The van der Waals surface area contributed by atoms with E-state index >= 15 is 0 Å². The molecule has 2 aromatic rings. The number of likely N-dealkylation sites (N-methyl/N-ethyl adjacent to an activating group) is 1. The molecule has 0 fully saturated rings. The molecule has 0 aliphatic heterocycles. The van der Waals surface area contributed by atoms with Crippen molar-refractivity contribution in [3.05, 3.63) is 48.5 Å². The van der Waals surface area contributed by atoms with Crippen molar-refractivity contribution in [2.24, 2.45) is 0 Å². The van der Waals surface area contributed by atoms with E-state index in [0.717, 1.165) is 24.4 Å². The minimum absolute atomic E-state index is 0.00979. The number of ether oxygens (including phenoxy) is 1. The van der Waals surface area contributed by atoms with E-state index in [4.69, 9.17) is 4.74 Å². The third-order valence-electron chi connectivity index (χ3n) is 3.48. The third kappa shape index (κ3) is 3.59. The molecule has 0 spiro atoms. The Bertz CT molecular complexity index is 496. The highest BCUT2D eigenvalue weighted by atomic mass is 16.5. The van der Waals surface area contributed by atoms with Gasteiger partial charge in [-0.25, -0.2) is 4.98 Å². The van der Waals surface area contributed by atoms with E-state index < -0.39 is 0 Å². The van der Waals surface area contributed by atoms with Crippen LogP contribution in [0, 0.1) is 0 Å². The Labute approximate surface area is 119 Å². The summed E-state index contributed by atoms with van der Waals surface area (Å²) in [6.45, 7) is 1.78. The number of aliphatic hydroxyl groups excluding tert-OH is 1. The Morgan fingerprint density at radius 1 is 1.35 bits per heavy atom. The number of imidazole rings is 1. The van der Waals surface area contributed by atoms with Crippen LogP contribution in [0.4, 0.5) is 0 Å². The quantitative estimate of drug-likeness (QED) is 0.833. The predicted octanol–water partition coefficient (Wildman–Crippen LogP) is 1.56. The van der Waals surface area contributed by atoms with Gasteiger partial charge >= 0.3 is 0 Å². The van der Waals surface area contributed by atoms with Crippen molar-refractivity contribution in [3.63, 3.8) is 0 Å². The van der Waals surface area contributed by atoms with Gasteiger partial charge in [-0.3, -0.25) is 4.90 Å². The van der Waals surface area contributed by atoms with Crippen molar-refractivity contribution < 1.29 is 9.84 Å². The topological polar surface area (TPSA) is 50.5 Å². The Kier molecular flexibility index (Phi) is 5.15. The smallest absolute Gasteiger partial charge is 0.118 e. The molecule has 108 valence electrons. The van der Waals surface area contributed by atoms with Gasteiger partial charge in [-0.1, -0.05) is 12.1 Å². The fourth-order valence-corrected chi connectivity index (χ4v) is 2.17. The fourth-order valence-electron chi connectivity index (χ4n) is 2.17. The molecule has 0 saturated heterocycles. The van der Waals surface area contributed by atoms with Crippen LogP contribution < -0.4 is 4.74 Å². The van der Waals surface area contributed by atoms with Crippen LogP contribution in [0.5, 0.6) is 5.75 Å². The summed E-state index contributed by atoms with van der Waals surface area (Å²) in [6, 6.07) is 7.81. The van der Waals surface area contributed by atoms with Crippen molar-refractivity contribution in [3.8, 4) is 5.75 Å². The van der Waals surface area contributed by atoms with Gasteiger partial charge in [-0.2, -0.15) is 0 Å². The van der Waals surface area contributed by atoms with Crippen LogP contribution in [0.15, 0.2) is 43.0 Å². The summed E-state index contributed by atoms with van der Waals surface area (Å²) in [6.07, 6.45) is 5.51. The maximum Gasteiger partial charge on any atom is 0.118 e. The van der Waals surface area contributed by atoms with Crippen LogP contribution in [0.3, 0.4) is 0 Å². The predicted molar refractivity (Wildman–Crippen MR) is 77.7 cm³/mol. The molecule has 0 radical (unpaired) electrons. The third-order valence-corrected chi connectivity index (χ3v) is 3.48. The lowest BCUT2D eigenvalue weighted by Crippen LogP contribution is -2.30. The van der Waals surface area contributed by atoms with E-state index in [1.54, 1.807) is 19.6 Å². The van der Waals surface area contributed by atoms with Gasteiger partial charge in [0.1, 0.15) is 5.75 Å². The number of aliphatic hydroxyl groups is 1. The van der Waals surface area contributed by atoms with Gasteiger partial charge in [0.15, 0.2) is 0 Å². The Balaban J connectivity index is 1.98. The van der Waals surface area contributed by atoms with E-state index in [1.807, 2.05) is 42.1 Å². The van der Waals surface area contributed by atoms with Crippen molar-refractivity contribution in [2.75, 3.05) is 27.3 Å². The first-order chi connectivity index (χ1) is 9.74. The summed E-state index contributed by atoms with van der Waals surface area (Å²) >= 11 is 0. The zero-order chi connectivity index (χ0) is 14.4. The van der Waals surface area contributed by atoms with Gasteiger partial charge in [0.05, 0.1) is 26.1 Å². The lowest BCUT2D eigenvalue weighted by Gasteiger charge is -2.27. The lowest BCUT2D eigenvalue weighted by molar-refractivity contribution is 0.144. The van der Waals surface area contributed by atoms with E-state index in [-0.39, 0.29) is 12.6 Å². The molecular formula is C15H21N3O2. The number of hydrogen-bond donors (Lipinski definition) is 1. The molecular weight excluding hydrogens is 254 g/mol. The summed E-state index contributed by atoms with van der Waals surface area (Å²) in [5.74, 6) is 0.825. The number of nitrogens with zero attached hydrogens (tertiary/aromatic N) is 3. The highest BCUT2D eigenvalue weighted by Crippen LogP contribution is 2.21. The molecule has 2 rings (SSSR count). The zero-order valence-electron chi connectivity index (χ0n) is 11.9. The van der Waals surface area contributed by atoms with Crippen LogP contribution in [0.25, 0.3) is 0 Å². The van der Waals surface area contributed by atoms with Gasteiger partial charge in [0.25, 0.3) is 0 Å². The molecule has 0 aliphatic rings. The first-order valence-electron chi connectivity index (χ1n) is 6.65. The van der Waals surface area contributed by atoms with Gasteiger partial charge in [0.2, 0.25) is 0 Å². The van der Waals surface area contributed by atoms with E-state index in [2.05, 4.69) is 9.88 Å². The molecule has 5 heteroatoms. The second-order valence-electron chi connectivity index (χ2n) is 4.75. The molecule has 1 N–H and O–H groups in total. The Morgan fingerprint density at radius 2 is 2.10 bits per heavy atom. The van der Waals surface area contributed by atoms with Crippen LogP contribution in [0.1, 0.15) is 11.6 Å². The van der Waals surface area contributed by atoms with Crippen molar-refractivity contribution >= 4 is 0 Å². The fraction of sp³-hybridized carbons (Fsp3) is 0.400. The monoisotopic (exact) mass is 275 g/mol. The molecule has 0 saturated carbocycles. The maximum atomic E-state index is 9.64. The SMILES string of the molecule is COc1ccc(C(CO)N(C)CCn2ccnc2)cc1. The van der Waals surface area contributed by atoms with Crippen LogP contribution >= 0.6 is 0 Å². The van der Waals surface area contributed by atoms with Gasteiger partial charge in [-0.05, 0) is 24.7 Å². The average Bonchev–Trinajstić information content (AvgIpc) is 3.00. The Morgan fingerprint density at radius 3 is 2.65 bits per heavy atom. The van der Waals surface area contributed by atoms with E-state index in [1.165, 1.54) is 0 Å². The van der Waals surface area contributed by atoms with E-state index in [0.29, 0.717) is 0 Å². The lowest BCUT2D eigenvalue weighted by atomic mass is 10.1. The molecule has 1 aromatic carbocycles. The van der Waals surface area contributed by atoms with Crippen molar-refractivity contribution in [1.29, 1.82) is 0 Å². The highest BCUT2D eigenvalue weighted by molar-refractivity contribution is 5.29. The number of rotatable bonds is 7. The van der Waals surface area contributed by atoms with Crippen molar-refractivity contribution in [2.45, 2.75) is 12.6 Å². The van der Waals surface area contributed by atoms with Gasteiger partial charge in [0, 0.05) is 25.5 Å². The largest absolute Gasteiger partial charge is 0.497 e. The molecule has 0 aliphatic carbocycles. The summed E-state index contributed by atoms with van der Waals surface area (Å²) in [4.78, 5) is 6.16. The number of aromatic nitrogens is 2. The van der Waals surface area contributed by atoms with Gasteiger partial charge < -0.3 is 14.4 Å². The summed E-state index contributed by atoms with van der Waals surface area (Å²) in [5.41, 5.74) is 1.08. The molecule has 0 amide bonds. The molecule has 1 atom stereocenters. The van der Waals surface area contributed by atoms with Crippen LogP contribution in [-0.2, 0) is 6.54 Å². The molecule has 5 nitrogen and oxygen atoms in total. The highest BCUT2D eigenvalue weighted by Gasteiger charge is 2.15. The normalized spacial score (nSPS) is 12.6. The first-order valence-corrected chi connectivity index (χ1v) is 6.65. The molecule has 1 aromatic heterocycles. The summed E-state index contributed by atoms with van der Waals surface area (Å²) in [5, 5.41) is 9.64. The number of benzene rings is 1. The van der Waals surface area contributed by atoms with Crippen molar-refractivity contribution in [1.82, 2.24) is 14.5 Å². The first kappa shape index (κ1) is 14.6. The minimum atomic E-state index is -0.00979. The second-order valence-corrected chi connectivity index (χ2v) is 4.75. The van der Waals surface area contributed by atoms with Crippen LogP contribution in [-0.4, -0.2) is 46.9 Å². The number of hydrogen-bond acceptors (Lipinski definition) is 4. The minimum Gasteiger partial charge on any atom is -0.497 e. The standard InChI is InChI=1S/C15H21N3O2/c1-17(9-10-18-8-7-16-12-18)15(11-19)13-3-5-14(20-2)6-4-13/h3-8,12,15,19H,9-11H2,1-2H3. The zero-order valence-corrected chi connectivity index (χ0v) is 11.9. The molecule has 20 heavy (non-hydrogen) atoms. The van der Waals surface area contributed by atoms with Crippen LogP contribution in [0.2, 0.25) is 0 Å². The average molecular weight is 275 g/mol. The second kappa shape index (κ2) is 7.07. The summed E-state index contributed by atoms with van der Waals surface area (Å²) < 4.78 is 7.18. The molecule has 1 unspecified atom stereocenters. The summed E-state index contributed by atoms with van der Waals surface area (Å²) in [7, 11) is 3.66. The van der Waals surface area contributed by atoms with E-state index in [9.17, 15) is 5.11 Å². The maximum absolute atomic E-state index is 9.64. The Hall–Kier alpha value is -1.85. The number of methoxy groups -OCH3 is 1. The molecule has 1 heterocycles. The van der Waals surface area contributed by atoms with Gasteiger partial charge in [-0.15, -0.1) is 0 Å². The molecule has 0 bridgehead atoms.